The summed E-state index contributed by atoms with van der Waals surface area (Å²) in [6, 6.07) is 2.09. The first-order valence-corrected chi connectivity index (χ1v) is 5.68. The highest BCUT2D eigenvalue weighted by molar-refractivity contribution is 5.94. The van der Waals surface area contributed by atoms with Crippen molar-refractivity contribution in [3.05, 3.63) is 11.8 Å². The second-order valence-electron chi connectivity index (χ2n) is 4.53. The minimum atomic E-state index is 0. The lowest BCUT2D eigenvalue weighted by atomic mass is 10.2. The number of nitrogen functional groups attached to an aromatic ring is 1. The minimum absolute atomic E-state index is 0. The third kappa shape index (κ3) is 1.97. The predicted octanol–water partition coefficient (Wildman–Crippen LogP) is 1.07. The average molecular weight is 270 g/mol. The van der Waals surface area contributed by atoms with Gasteiger partial charge in [-0.25, -0.2) is 4.98 Å². The maximum atomic E-state index is 5.91. The summed E-state index contributed by atoms with van der Waals surface area (Å²) in [5.74, 6) is 1.22. The first-order valence-electron chi connectivity index (χ1n) is 5.68. The van der Waals surface area contributed by atoms with Gasteiger partial charge in [0.1, 0.15) is 0 Å². The molecule has 98 valence electrons. The average Bonchev–Trinajstić information content (AvgIpc) is 2.86. The molecule has 3 rings (SSSR count). The molecule has 4 N–H and O–H groups in total. The number of nitrogens with two attached hydrogens (primary N) is 2. The van der Waals surface area contributed by atoms with Crippen LogP contribution in [0.5, 0.6) is 0 Å². The lowest BCUT2D eigenvalue weighted by Crippen LogP contribution is -2.27. The van der Waals surface area contributed by atoms with Crippen LogP contribution in [-0.4, -0.2) is 29.3 Å². The third-order valence-corrected chi connectivity index (χ3v) is 3.12. The molecule has 0 saturated carbocycles. The second-order valence-corrected chi connectivity index (χ2v) is 4.53. The Bertz CT molecular complexity index is 570. The van der Waals surface area contributed by atoms with Gasteiger partial charge in [-0.05, 0) is 19.4 Å². The van der Waals surface area contributed by atoms with Crippen molar-refractivity contribution in [2.24, 2.45) is 5.73 Å². The first kappa shape index (κ1) is 12.9. The van der Waals surface area contributed by atoms with Gasteiger partial charge < -0.3 is 20.9 Å². The number of aromatic nitrogens is 2. The van der Waals surface area contributed by atoms with E-state index >= 15 is 0 Å². The molecule has 1 aliphatic rings. The number of rotatable bonds is 1. The van der Waals surface area contributed by atoms with Gasteiger partial charge in [0.25, 0.3) is 0 Å². The molecule has 7 heteroatoms. The van der Waals surface area contributed by atoms with Crippen LogP contribution in [0.2, 0.25) is 0 Å². The summed E-state index contributed by atoms with van der Waals surface area (Å²) in [5, 5.41) is 4.62. The van der Waals surface area contributed by atoms with Crippen LogP contribution in [0.25, 0.3) is 11.0 Å². The quantitative estimate of drug-likeness (QED) is 0.804. The Morgan fingerprint density at radius 3 is 2.94 bits per heavy atom. The topological polar surface area (TPSA) is 94.2 Å². The number of hydrogen-bond acceptors (Lipinski definition) is 6. The molecule has 6 nitrogen and oxygen atoms in total. The number of nitrogens with zero attached hydrogens (tertiary/aromatic N) is 3. The normalized spacial score (nSPS) is 19.2. The maximum absolute atomic E-state index is 5.91. The number of hydrogen-bond donors (Lipinski definition) is 2. The molecule has 0 radical (unpaired) electrons. The van der Waals surface area contributed by atoms with Gasteiger partial charge in [0.05, 0.1) is 5.39 Å². The summed E-state index contributed by atoms with van der Waals surface area (Å²) in [5.41, 5.74) is 13.2. The molecule has 1 atom stereocenters. The molecule has 1 saturated heterocycles. The highest BCUT2D eigenvalue weighted by atomic mass is 35.5. The van der Waals surface area contributed by atoms with Crippen LogP contribution in [0, 0.1) is 6.92 Å². The highest BCUT2D eigenvalue weighted by Crippen LogP contribution is 2.30. The molecule has 0 bridgehead atoms. The largest absolute Gasteiger partial charge is 0.380 e. The van der Waals surface area contributed by atoms with Gasteiger partial charge >= 0.3 is 0 Å². The van der Waals surface area contributed by atoms with Crippen LogP contribution in [0.4, 0.5) is 11.6 Å². The molecule has 1 aliphatic heterocycles. The molecular weight excluding hydrogens is 254 g/mol. The Morgan fingerprint density at radius 2 is 2.28 bits per heavy atom. The number of fused-ring (bicyclic) bond motifs is 1. The van der Waals surface area contributed by atoms with E-state index in [0.717, 1.165) is 36.4 Å². The van der Waals surface area contributed by atoms with Crippen molar-refractivity contribution in [2.75, 3.05) is 23.7 Å². The van der Waals surface area contributed by atoms with Crippen molar-refractivity contribution in [3.8, 4) is 0 Å². The van der Waals surface area contributed by atoms with Crippen molar-refractivity contribution in [3.63, 3.8) is 0 Å². The summed E-state index contributed by atoms with van der Waals surface area (Å²) in [4.78, 5) is 6.64. The van der Waals surface area contributed by atoms with Crippen LogP contribution in [-0.2, 0) is 0 Å². The van der Waals surface area contributed by atoms with Crippen LogP contribution in [0.3, 0.4) is 0 Å². The summed E-state index contributed by atoms with van der Waals surface area (Å²) < 4.78 is 5.26. The Labute approximate surface area is 111 Å². The van der Waals surface area contributed by atoms with Gasteiger partial charge in [-0.3, -0.25) is 0 Å². The fraction of sp³-hybridized carbons (Fsp3) is 0.455. The maximum Gasteiger partial charge on any atom is 0.211 e. The van der Waals surface area contributed by atoms with E-state index in [9.17, 15) is 0 Å². The lowest BCUT2D eigenvalue weighted by molar-refractivity contribution is 0.459. The van der Waals surface area contributed by atoms with Crippen molar-refractivity contribution >= 4 is 35.0 Å². The van der Waals surface area contributed by atoms with Crippen LogP contribution in [0.1, 0.15) is 12.1 Å². The van der Waals surface area contributed by atoms with E-state index in [2.05, 4.69) is 15.0 Å². The Balaban J connectivity index is 0.00000120. The van der Waals surface area contributed by atoms with Crippen molar-refractivity contribution in [1.82, 2.24) is 10.1 Å². The van der Waals surface area contributed by atoms with Gasteiger partial charge in [0.15, 0.2) is 11.6 Å². The van der Waals surface area contributed by atoms with Gasteiger partial charge in [-0.15, -0.1) is 12.4 Å². The standard InChI is InChI=1S/C11H15N5O.ClH/c1-6-4-8-9(17-15-10(8)13)11(14-6)16-3-2-7(12)5-16;/h4,7H,2-3,5,12H2,1H3,(H2,13,15);1H/t7-;/m1./s1. The summed E-state index contributed by atoms with van der Waals surface area (Å²) in [6.45, 7) is 3.63. The Kier molecular flexibility index (Phi) is 3.32. The van der Waals surface area contributed by atoms with E-state index < -0.39 is 0 Å². The van der Waals surface area contributed by atoms with Crippen LogP contribution < -0.4 is 16.4 Å². The van der Waals surface area contributed by atoms with E-state index in [1.54, 1.807) is 0 Å². The highest BCUT2D eigenvalue weighted by Gasteiger charge is 2.24. The number of pyridine rings is 1. The monoisotopic (exact) mass is 269 g/mol. The Morgan fingerprint density at radius 1 is 1.50 bits per heavy atom. The SMILES string of the molecule is Cc1cc2c(N)noc2c(N2CC[C@@H](N)C2)n1.Cl. The second kappa shape index (κ2) is 4.62. The molecule has 0 aromatic carbocycles. The molecular formula is C11H16ClN5O. The molecule has 0 unspecified atom stereocenters. The van der Waals surface area contributed by atoms with Crippen LogP contribution >= 0.6 is 12.4 Å². The fourth-order valence-corrected chi connectivity index (χ4v) is 2.26. The van der Waals surface area contributed by atoms with Gasteiger partial charge in [-0.2, -0.15) is 0 Å². The van der Waals surface area contributed by atoms with Crippen molar-refractivity contribution in [2.45, 2.75) is 19.4 Å². The lowest BCUT2D eigenvalue weighted by Gasteiger charge is -2.16. The summed E-state index contributed by atoms with van der Waals surface area (Å²) in [6.07, 6.45) is 0.973. The number of anilines is 2. The van der Waals surface area contributed by atoms with E-state index in [1.165, 1.54) is 0 Å². The van der Waals surface area contributed by atoms with Gasteiger partial charge in [0.2, 0.25) is 5.58 Å². The minimum Gasteiger partial charge on any atom is -0.380 e. The number of halogens is 1. The zero-order valence-corrected chi connectivity index (χ0v) is 10.9. The fourth-order valence-electron chi connectivity index (χ4n) is 2.26. The predicted molar refractivity (Wildman–Crippen MR) is 73.0 cm³/mol. The van der Waals surface area contributed by atoms with Crippen molar-refractivity contribution < 1.29 is 4.52 Å². The molecule has 0 aliphatic carbocycles. The van der Waals surface area contributed by atoms with Gasteiger partial charge in [0, 0.05) is 24.8 Å². The molecule has 2 aromatic rings. The zero-order chi connectivity index (χ0) is 12.0. The zero-order valence-electron chi connectivity index (χ0n) is 10.1. The molecule has 1 fully saturated rings. The molecule has 18 heavy (non-hydrogen) atoms. The molecule has 0 amide bonds. The van der Waals surface area contributed by atoms with Crippen molar-refractivity contribution in [1.29, 1.82) is 0 Å². The smallest absolute Gasteiger partial charge is 0.211 e. The third-order valence-electron chi connectivity index (χ3n) is 3.12. The van der Waals surface area contributed by atoms with E-state index in [-0.39, 0.29) is 18.4 Å². The van der Waals surface area contributed by atoms with E-state index in [1.807, 2.05) is 13.0 Å². The van der Waals surface area contributed by atoms with Crippen LogP contribution in [0.15, 0.2) is 10.6 Å². The van der Waals surface area contributed by atoms with E-state index in [4.69, 9.17) is 16.0 Å². The summed E-state index contributed by atoms with van der Waals surface area (Å²) in [7, 11) is 0. The molecule has 2 aromatic heterocycles. The number of aryl methyl sites for hydroxylation is 1. The molecule has 0 spiro atoms. The van der Waals surface area contributed by atoms with Gasteiger partial charge in [-0.1, -0.05) is 5.16 Å². The molecule has 3 heterocycles. The van der Waals surface area contributed by atoms with E-state index in [0.29, 0.717) is 11.4 Å². The summed E-state index contributed by atoms with van der Waals surface area (Å²) >= 11 is 0. The Hall–Kier alpha value is -1.53. The first-order chi connectivity index (χ1) is 8.15.